The maximum absolute atomic E-state index is 6.73. The Morgan fingerprint density at radius 2 is 1.63 bits per heavy atom. The Kier molecular flexibility index (Phi) is 5.70. The van der Waals surface area contributed by atoms with E-state index in [0.29, 0.717) is 5.92 Å². The highest BCUT2D eigenvalue weighted by molar-refractivity contribution is 4.98. The summed E-state index contributed by atoms with van der Waals surface area (Å²) in [6, 6.07) is 0.262. The topological polar surface area (TPSA) is 35.2 Å². The molecule has 0 heterocycles. The van der Waals surface area contributed by atoms with Crippen LogP contribution in [-0.4, -0.2) is 18.2 Å². The van der Waals surface area contributed by atoms with E-state index in [9.17, 15) is 0 Å². The van der Waals surface area contributed by atoms with Crippen molar-refractivity contribution in [1.29, 1.82) is 0 Å². The van der Waals surface area contributed by atoms with E-state index < -0.39 is 0 Å². The summed E-state index contributed by atoms with van der Waals surface area (Å²) < 4.78 is 6.25. The van der Waals surface area contributed by atoms with Crippen LogP contribution in [0.2, 0.25) is 0 Å². The van der Waals surface area contributed by atoms with Gasteiger partial charge in [0, 0.05) is 12.6 Å². The Balaban J connectivity index is 2.04. The van der Waals surface area contributed by atoms with Crippen molar-refractivity contribution in [3.8, 4) is 0 Å². The third-order valence-electron chi connectivity index (χ3n) is 5.57. The van der Waals surface area contributed by atoms with Crippen molar-refractivity contribution in [1.82, 2.24) is 0 Å². The second kappa shape index (κ2) is 7.08. The molecule has 0 saturated heterocycles. The zero-order valence-corrected chi connectivity index (χ0v) is 13.0. The van der Waals surface area contributed by atoms with Gasteiger partial charge in [0.05, 0.1) is 5.60 Å². The fraction of sp³-hybridized carbons (Fsp3) is 1.00. The quantitative estimate of drug-likeness (QED) is 0.772. The van der Waals surface area contributed by atoms with E-state index in [0.717, 1.165) is 12.5 Å². The first-order valence-electron chi connectivity index (χ1n) is 8.57. The molecule has 19 heavy (non-hydrogen) atoms. The van der Waals surface area contributed by atoms with Crippen molar-refractivity contribution < 1.29 is 4.74 Å². The van der Waals surface area contributed by atoms with Crippen LogP contribution in [0.4, 0.5) is 0 Å². The summed E-state index contributed by atoms with van der Waals surface area (Å²) in [6.07, 6.45) is 13.1. The van der Waals surface area contributed by atoms with Gasteiger partial charge >= 0.3 is 0 Å². The zero-order valence-electron chi connectivity index (χ0n) is 13.0. The molecular formula is C17H33NO. The summed E-state index contributed by atoms with van der Waals surface area (Å²) in [7, 11) is 0. The largest absolute Gasteiger partial charge is 0.374 e. The van der Waals surface area contributed by atoms with E-state index in [-0.39, 0.29) is 11.6 Å². The first kappa shape index (κ1) is 15.3. The summed E-state index contributed by atoms with van der Waals surface area (Å²) in [6.45, 7) is 5.31. The summed E-state index contributed by atoms with van der Waals surface area (Å²) in [5.74, 6) is 1.55. The smallest absolute Gasteiger partial charge is 0.0835 e. The van der Waals surface area contributed by atoms with Gasteiger partial charge in [0.15, 0.2) is 0 Å². The van der Waals surface area contributed by atoms with E-state index in [4.69, 9.17) is 10.5 Å². The van der Waals surface area contributed by atoms with E-state index in [2.05, 4.69) is 13.8 Å². The SMILES string of the molecule is CCOC1(C(N)C2CCCCCC2)CCC(C)CC1. The monoisotopic (exact) mass is 267 g/mol. The molecule has 1 unspecified atom stereocenters. The summed E-state index contributed by atoms with van der Waals surface area (Å²) >= 11 is 0. The van der Waals surface area contributed by atoms with Crippen LogP contribution in [0.3, 0.4) is 0 Å². The molecule has 2 fully saturated rings. The molecular weight excluding hydrogens is 234 g/mol. The summed E-state index contributed by atoms with van der Waals surface area (Å²) in [4.78, 5) is 0. The first-order chi connectivity index (χ1) is 9.18. The molecule has 0 bridgehead atoms. The lowest BCUT2D eigenvalue weighted by Crippen LogP contribution is -2.55. The van der Waals surface area contributed by atoms with Gasteiger partial charge < -0.3 is 10.5 Å². The minimum absolute atomic E-state index is 0.00370. The molecule has 0 radical (unpaired) electrons. The molecule has 2 rings (SSSR count). The zero-order chi connectivity index (χ0) is 13.7. The van der Waals surface area contributed by atoms with E-state index in [1.807, 2.05) is 0 Å². The van der Waals surface area contributed by atoms with Crippen LogP contribution >= 0.6 is 0 Å². The van der Waals surface area contributed by atoms with E-state index >= 15 is 0 Å². The molecule has 2 saturated carbocycles. The van der Waals surface area contributed by atoms with Gasteiger partial charge in [-0.3, -0.25) is 0 Å². The molecule has 0 aromatic rings. The molecule has 0 amide bonds. The lowest BCUT2D eigenvalue weighted by Gasteiger charge is -2.46. The number of nitrogens with two attached hydrogens (primary N) is 1. The van der Waals surface area contributed by atoms with Crippen LogP contribution in [0, 0.1) is 11.8 Å². The third kappa shape index (κ3) is 3.72. The van der Waals surface area contributed by atoms with Gasteiger partial charge in [-0.1, -0.05) is 32.6 Å². The Bertz CT molecular complexity index is 250. The minimum Gasteiger partial charge on any atom is -0.374 e. The molecule has 2 aliphatic rings. The molecule has 112 valence electrons. The molecule has 2 heteroatoms. The fourth-order valence-electron chi connectivity index (χ4n) is 4.21. The number of rotatable bonds is 4. The van der Waals surface area contributed by atoms with E-state index in [1.165, 1.54) is 64.2 Å². The molecule has 0 aliphatic heterocycles. The average Bonchev–Trinajstić information content (AvgIpc) is 2.70. The van der Waals surface area contributed by atoms with Crippen LogP contribution < -0.4 is 5.73 Å². The molecule has 2 N–H and O–H groups in total. The molecule has 2 nitrogen and oxygen atoms in total. The fourth-order valence-corrected chi connectivity index (χ4v) is 4.21. The van der Waals surface area contributed by atoms with Crippen LogP contribution in [-0.2, 0) is 4.74 Å². The van der Waals surface area contributed by atoms with Crippen molar-refractivity contribution in [3.63, 3.8) is 0 Å². The van der Waals surface area contributed by atoms with Gasteiger partial charge in [0.2, 0.25) is 0 Å². The Hall–Kier alpha value is -0.0800. The number of hydrogen-bond donors (Lipinski definition) is 1. The predicted molar refractivity (Wildman–Crippen MR) is 81.2 cm³/mol. The molecule has 0 aromatic carbocycles. The van der Waals surface area contributed by atoms with Gasteiger partial charge in [0.1, 0.15) is 0 Å². The van der Waals surface area contributed by atoms with Crippen LogP contribution in [0.5, 0.6) is 0 Å². The van der Waals surface area contributed by atoms with Crippen molar-refractivity contribution in [2.24, 2.45) is 17.6 Å². The number of ether oxygens (including phenoxy) is 1. The minimum atomic E-state index is -0.00370. The third-order valence-corrected chi connectivity index (χ3v) is 5.57. The Morgan fingerprint density at radius 1 is 1.05 bits per heavy atom. The summed E-state index contributed by atoms with van der Waals surface area (Å²) in [5, 5.41) is 0. The van der Waals surface area contributed by atoms with Crippen molar-refractivity contribution in [3.05, 3.63) is 0 Å². The highest BCUT2D eigenvalue weighted by Gasteiger charge is 2.43. The van der Waals surface area contributed by atoms with Gasteiger partial charge in [0.25, 0.3) is 0 Å². The Morgan fingerprint density at radius 3 is 2.16 bits per heavy atom. The van der Waals surface area contributed by atoms with Crippen LogP contribution in [0.15, 0.2) is 0 Å². The average molecular weight is 267 g/mol. The highest BCUT2D eigenvalue weighted by atomic mass is 16.5. The van der Waals surface area contributed by atoms with Crippen molar-refractivity contribution in [2.75, 3.05) is 6.61 Å². The van der Waals surface area contributed by atoms with Crippen molar-refractivity contribution in [2.45, 2.75) is 89.7 Å². The first-order valence-corrected chi connectivity index (χ1v) is 8.57. The lowest BCUT2D eigenvalue weighted by atomic mass is 9.70. The van der Waals surface area contributed by atoms with Gasteiger partial charge in [-0.15, -0.1) is 0 Å². The highest BCUT2D eigenvalue weighted by Crippen LogP contribution is 2.41. The Labute approximate surface area is 119 Å². The van der Waals surface area contributed by atoms with Crippen molar-refractivity contribution >= 4 is 0 Å². The molecule has 0 aromatic heterocycles. The lowest BCUT2D eigenvalue weighted by molar-refractivity contribution is -0.101. The van der Waals surface area contributed by atoms with Gasteiger partial charge in [-0.25, -0.2) is 0 Å². The molecule has 0 spiro atoms. The maximum atomic E-state index is 6.73. The summed E-state index contributed by atoms with van der Waals surface area (Å²) in [5.41, 5.74) is 6.73. The molecule has 2 aliphatic carbocycles. The number of hydrogen-bond acceptors (Lipinski definition) is 2. The van der Waals surface area contributed by atoms with E-state index in [1.54, 1.807) is 0 Å². The second-order valence-electron chi connectivity index (χ2n) is 6.96. The van der Waals surface area contributed by atoms with Gasteiger partial charge in [-0.05, 0) is 57.3 Å². The van der Waals surface area contributed by atoms with Crippen LogP contribution in [0.25, 0.3) is 0 Å². The van der Waals surface area contributed by atoms with Gasteiger partial charge in [-0.2, -0.15) is 0 Å². The second-order valence-corrected chi connectivity index (χ2v) is 6.96. The maximum Gasteiger partial charge on any atom is 0.0835 e. The molecule has 1 atom stereocenters. The van der Waals surface area contributed by atoms with Crippen LogP contribution in [0.1, 0.15) is 78.1 Å². The predicted octanol–water partition coefficient (Wildman–Crippen LogP) is 4.27. The normalized spacial score (nSPS) is 35.8. The standard InChI is InChI=1S/C17H33NO/c1-3-19-17(12-10-14(2)11-13-17)16(18)15-8-6-4-5-7-9-15/h14-16H,3-13,18H2,1-2H3.